The van der Waals surface area contributed by atoms with E-state index in [2.05, 4.69) is 10.3 Å². The van der Waals surface area contributed by atoms with E-state index in [0.29, 0.717) is 26.1 Å². The molecule has 114 valence electrons. The molecule has 0 saturated carbocycles. The number of benzene rings is 1. The van der Waals surface area contributed by atoms with E-state index >= 15 is 0 Å². The normalized spacial score (nSPS) is 17.9. The Labute approximate surface area is 127 Å². The Kier molecular flexibility index (Phi) is 3.86. The largest absolute Gasteiger partial charge is 0.476 e. The van der Waals surface area contributed by atoms with Crippen LogP contribution in [0, 0.1) is 5.92 Å². The molecule has 7 nitrogen and oxygen atoms in total. The number of carboxylic acid groups (broad SMARTS) is 1. The summed E-state index contributed by atoms with van der Waals surface area (Å²) in [4.78, 5) is 24.7. The van der Waals surface area contributed by atoms with E-state index in [0.717, 1.165) is 5.56 Å². The number of nitrogens with zero attached hydrogens (tertiary/aromatic N) is 4. The molecule has 1 unspecified atom stereocenters. The minimum Gasteiger partial charge on any atom is -0.476 e. The predicted molar refractivity (Wildman–Crippen MR) is 76.9 cm³/mol. The van der Waals surface area contributed by atoms with E-state index in [1.807, 2.05) is 35.2 Å². The highest BCUT2D eigenvalue weighted by molar-refractivity contribution is 5.84. The van der Waals surface area contributed by atoms with Crippen LogP contribution in [0.3, 0.4) is 0 Å². The molecule has 22 heavy (non-hydrogen) atoms. The van der Waals surface area contributed by atoms with Gasteiger partial charge in [-0.25, -0.2) is 4.79 Å². The molecule has 1 aromatic heterocycles. The summed E-state index contributed by atoms with van der Waals surface area (Å²) in [7, 11) is 0. The molecule has 1 saturated heterocycles. The molecule has 2 aromatic rings. The summed E-state index contributed by atoms with van der Waals surface area (Å²) in [6, 6.07) is 9.85. The second-order valence-electron chi connectivity index (χ2n) is 5.46. The molecule has 1 N–H and O–H groups in total. The number of likely N-dealkylation sites (tertiary alicyclic amines) is 1. The van der Waals surface area contributed by atoms with Gasteiger partial charge in [0, 0.05) is 32.0 Å². The lowest BCUT2D eigenvalue weighted by Crippen LogP contribution is -2.25. The number of carbonyl (C=O) groups is 2. The van der Waals surface area contributed by atoms with E-state index < -0.39 is 5.97 Å². The molecule has 3 rings (SSSR count). The van der Waals surface area contributed by atoms with Crippen molar-refractivity contribution in [2.24, 2.45) is 5.92 Å². The molecular weight excluding hydrogens is 284 g/mol. The van der Waals surface area contributed by atoms with Crippen molar-refractivity contribution in [1.29, 1.82) is 0 Å². The number of carbonyl (C=O) groups excluding carboxylic acids is 1. The average Bonchev–Trinajstić information content (AvgIpc) is 3.08. The zero-order chi connectivity index (χ0) is 15.5. The van der Waals surface area contributed by atoms with Gasteiger partial charge in [-0.3, -0.25) is 9.48 Å². The van der Waals surface area contributed by atoms with Crippen molar-refractivity contribution in [3.05, 3.63) is 47.8 Å². The van der Waals surface area contributed by atoms with Crippen molar-refractivity contribution in [2.45, 2.75) is 19.5 Å². The van der Waals surface area contributed by atoms with Crippen LogP contribution in [0.5, 0.6) is 0 Å². The van der Waals surface area contributed by atoms with Gasteiger partial charge in [-0.05, 0) is 5.56 Å². The smallest absolute Gasteiger partial charge is 0.358 e. The quantitative estimate of drug-likeness (QED) is 0.890. The van der Waals surface area contributed by atoms with Crippen molar-refractivity contribution < 1.29 is 14.7 Å². The van der Waals surface area contributed by atoms with E-state index in [4.69, 9.17) is 5.11 Å². The zero-order valence-electron chi connectivity index (χ0n) is 11.9. The molecule has 1 amide bonds. The molecule has 0 bridgehead atoms. The third-order valence-electron chi connectivity index (χ3n) is 3.71. The van der Waals surface area contributed by atoms with Crippen LogP contribution >= 0.6 is 0 Å². The molecule has 1 aliphatic heterocycles. The Bertz CT molecular complexity index is 683. The van der Waals surface area contributed by atoms with E-state index in [9.17, 15) is 9.59 Å². The van der Waals surface area contributed by atoms with Crippen molar-refractivity contribution in [1.82, 2.24) is 19.9 Å². The maximum atomic E-state index is 12.1. The number of rotatable bonds is 5. The fourth-order valence-electron chi connectivity index (χ4n) is 2.68. The summed E-state index contributed by atoms with van der Waals surface area (Å²) in [5, 5.41) is 16.2. The second kappa shape index (κ2) is 5.97. The minimum atomic E-state index is -1.10. The number of amides is 1. The molecule has 0 radical (unpaired) electrons. The first-order chi connectivity index (χ1) is 10.6. The van der Waals surface area contributed by atoms with E-state index in [1.165, 1.54) is 10.9 Å². The first kappa shape index (κ1) is 14.2. The van der Waals surface area contributed by atoms with E-state index in [1.54, 1.807) is 0 Å². The molecular formula is C15H16N4O3. The van der Waals surface area contributed by atoms with Crippen molar-refractivity contribution in [3.8, 4) is 0 Å². The Morgan fingerprint density at radius 2 is 2.09 bits per heavy atom. The third-order valence-corrected chi connectivity index (χ3v) is 3.71. The van der Waals surface area contributed by atoms with Gasteiger partial charge < -0.3 is 10.0 Å². The Hall–Kier alpha value is -2.70. The fourth-order valence-corrected chi connectivity index (χ4v) is 2.68. The van der Waals surface area contributed by atoms with Gasteiger partial charge >= 0.3 is 5.97 Å². The molecule has 1 atom stereocenters. The maximum Gasteiger partial charge on any atom is 0.358 e. The van der Waals surface area contributed by atoms with Crippen LogP contribution in [0.2, 0.25) is 0 Å². The molecule has 2 heterocycles. The van der Waals surface area contributed by atoms with Gasteiger partial charge in [0.2, 0.25) is 5.91 Å². The average molecular weight is 300 g/mol. The van der Waals surface area contributed by atoms with Crippen LogP contribution in [0.1, 0.15) is 22.5 Å². The minimum absolute atomic E-state index is 0.0783. The summed E-state index contributed by atoms with van der Waals surface area (Å²) in [6.07, 6.45) is 1.85. The first-order valence-corrected chi connectivity index (χ1v) is 7.07. The molecule has 0 spiro atoms. The fraction of sp³-hybridized carbons (Fsp3) is 0.333. The number of aromatic nitrogens is 3. The highest BCUT2D eigenvalue weighted by atomic mass is 16.4. The molecule has 0 aliphatic carbocycles. The van der Waals surface area contributed by atoms with Gasteiger partial charge in [0.25, 0.3) is 0 Å². The van der Waals surface area contributed by atoms with E-state index in [-0.39, 0.29) is 17.5 Å². The summed E-state index contributed by atoms with van der Waals surface area (Å²) < 4.78 is 1.49. The third kappa shape index (κ3) is 3.13. The molecule has 1 aliphatic rings. The van der Waals surface area contributed by atoms with Crippen LogP contribution in [0.25, 0.3) is 0 Å². The van der Waals surface area contributed by atoms with Gasteiger partial charge in [0.1, 0.15) is 0 Å². The van der Waals surface area contributed by atoms with Gasteiger partial charge in [-0.2, -0.15) is 0 Å². The number of carboxylic acids is 1. The van der Waals surface area contributed by atoms with Crippen LogP contribution < -0.4 is 0 Å². The standard InChI is InChI=1S/C15H16N4O3/c20-14-6-12(9-19-10-13(15(21)22)16-17-19)8-18(14)7-11-4-2-1-3-5-11/h1-5,10,12H,6-9H2,(H,21,22). The van der Waals surface area contributed by atoms with Gasteiger partial charge in [-0.15, -0.1) is 5.10 Å². The topological polar surface area (TPSA) is 88.3 Å². The highest BCUT2D eigenvalue weighted by Crippen LogP contribution is 2.21. The van der Waals surface area contributed by atoms with Crippen molar-refractivity contribution in [2.75, 3.05) is 6.54 Å². The van der Waals surface area contributed by atoms with Crippen LogP contribution in [0.4, 0.5) is 0 Å². The van der Waals surface area contributed by atoms with Crippen molar-refractivity contribution in [3.63, 3.8) is 0 Å². The van der Waals surface area contributed by atoms with Gasteiger partial charge in [-0.1, -0.05) is 35.5 Å². The summed E-state index contributed by atoms with van der Waals surface area (Å²) >= 11 is 0. The monoisotopic (exact) mass is 300 g/mol. The Morgan fingerprint density at radius 1 is 1.32 bits per heavy atom. The first-order valence-electron chi connectivity index (χ1n) is 7.07. The summed E-state index contributed by atoms with van der Waals surface area (Å²) in [6.45, 7) is 1.75. The Morgan fingerprint density at radius 3 is 2.77 bits per heavy atom. The number of hydrogen-bond acceptors (Lipinski definition) is 4. The van der Waals surface area contributed by atoms with Crippen LogP contribution in [-0.4, -0.2) is 43.4 Å². The number of aromatic carboxylic acids is 1. The Balaban J connectivity index is 1.60. The van der Waals surface area contributed by atoms with Crippen LogP contribution in [-0.2, 0) is 17.9 Å². The summed E-state index contributed by atoms with van der Waals surface area (Å²) in [5.74, 6) is -0.855. The highest BCUT2D eigenvalue weighted by Gasteiger charge is 2.30. The lowest BCUT2D eigenvalue weighted by molar-refractivity contribution is -0.128. The van der Waals surface area contributed by atoms with Gasteiger partial charge in [0.15, 0.2) is 5.69 Å². The SMILES string of the molecule is O=C(O)c1cn(CC2CC(=O)N(Cc3ccccc3)C2)nn1. The van der Waals surface area contributed by atoms with Crippen molar-refractivity contribution >= 4 is 11.9 Å². The lowest BCUT2D eigenvalue weighted by atomic mass is 10.1. The molecule has 7 heteroatoms. The maximum absolute atomic E-state index is 12.1. The van der Waals surface area contributed by atoms with Gasteiger partial charge in [0.05, 0.1) is 6.20 Å². The summed E-state index contributed by atoms with van der Waals surface area (Å²) in [5.41, 5.74) is 1.02. The number of hydrogen-bond donors (Lipinski definition) is 1. The molecule has 1 fully saturated rings. The zero-order valence-corrected chi connectivity index (χ0v) is 11.9. The van der Waals surface area contributed by atoms with Crippen LogP contribution in [0.15, 0.2) is 36.5 Å². The molecule has 1 aromatic carbocycles. The lowest BCUT2D eigenvalue weighted by Gasteiger charge is -2.16. The predicted octanol–water partition coefficient (Wildman–Crippen LogP) is 1.03. The second-order valence-corrected chi connectivity index (χ2v) is 5.46.